The molecule has 4 heterocycles. The van der Waals surface area contributed by atoms with Crippen molar-refractivity contribution < 1.29 is 0 Å². The van der Waals surface area contributed by atoms with E-state index in [9.17, 15) is 0 Å². The van der Waals surface area contributed by atoms with Gasteiger partial charge in [0.05, 0.1) is 17.3 Å². The van der Waals surface area contributed by atoms with Gasteiger partial charge in [0.2, 0.25) is 0 Å². The zero-order valence-electron chi connectivity index (χ0n) is 17.5. The molecule has 3 saturated heterocycles. The van der Waals surface area contributed by atoms with E-state index in [-0.39, 0.29) is 0 Å². The van der Waals surface area contributed by atoms with E-state index in [2.05, 4.69) is 63.1 Å². The molecule has 156 valence electrons. The van der Waals surface area contributed by atoms with Gasteiger partial charge >= 0.3 is 0 Å². The molecule has 3 aliphatic heterocycles. The van der Waals surface area contributed by atoms with Crippen molar-refractivity contribution in [3.8, 4) is 0 Å². The molecule has 2 aromatic rings. The standard InChI is InChI=1S/C24H34N4S/c1-2-6-22-21(5-1)7-8-23(25-22)24-19-20(9-13-26-11-3-4-12-26)10-14-28(24)27-15-17-29-18-16-27/h1-2,5-8,20,24H,3-4,9-19H2. The van der Waals surface area contributed by atoms with Crippen molar-refractivity contribution >= 4 is 22.7 Å². The van der Waals surface area contributed by atoms with Gasteiger partial charge in [0.15, 0.2) is 0 Å². The lowest BCUT2D eigenvalue weighted by molar-refractivity contribution is -0.0871. The molecule has 1 aromatic carbocycles. The van der Waals surface area contributed by atoms with Crippen molar-refractivity contribution in [3.05, 3.63) is 42.1 Å². The van der Waals surface area contributed by atoms with Gasteiger partial charge in [-0.3, -0.25) is 4.98 Å². The van der Waals surface area contributed by atoms with Gasteiger partial charge in [0.25, 0.3) is 0 Å². The maximum atomic E-state index is 5.13. The molecule has 0 spiro atoms. The van der Waals surface area contributed by atoms with Crippen LogP contribution in [-0.2, 0) is 0 Å². The maximum Gasteiger partial charge on any atom is 0.0706 e. The highest BCUT2D eigenvalue weighted by Gasteiger charge is 2.34. The smallest absolute Gasteiger partial charge is 0.0706 e. The minimum atomic E-state index is 0.431. The topological polar surface area (TPSA) is 22.6 Å². The number of piperidine rings is 1. The summed E-state index contributed by atoms with van der Waals surface area (Å²) in [5, 5.41) is 6.57. The number of hydrazine groups is 1. The summed E-state index contributed by atoms with van der Waals surface area (Å²) in [6, 6.07) is 13.5. The number of benzene rings is 1. The van der Waals surface area contributed by atoms with Crippen LogP contribution in [0, 0.1) is 5.92 Å². The number of pyridine rings is 1. The summed E-state index contributed by atoms with van der Waals surface area (Å²) in [6.07, 6.45) is 6.74. The first-order valence-corrected chi connectivity index (χ1v) is 12.7. The van der Waals surface area contributed by atoms with E-state index < -0.39 is 0 Å². The fourth-order valence-electron chi connectivity index (χ4n) is 5.35. The summed E-state index contributed by atoms with van der Waals surface area (Å²) in [7, 11) is 0. The van der Waals surface area contributed by atoms with Crippen LogP contribution in [0.2, 0.25) is 0 Å². The maximum absolute atomic E-state index is 5.13. The molecule has 0 bridgehead atoms. The molecular weight excluding hydrogens is 376 g/mol. The fraction of sp³-hybridized carbons (Fsp3) is 0.625. The lowest BCUT2D eigenvalue weighted by atomic mass is 9.87. The Morgan fingerprint density at radius 2 is 1.76 bits per heavy atom. The lowest BCUT2D eigenvalue weighted by Crippen LogP contribution is -2.52. The van der Waals surface area contributed by atoms with E-state index in [1.807, 2.05) is 0 Å². The molecule has 0 N–H and O–H groups in total. The van der Waals surface area contributed by atoms with Crippen molar-refractivity contribution in [2.24, 2.45) is 5.92 Å². The molecule has 3 aliphatic rings. The van der Waals surface area contributed by atoms with Crippen molar-refractivity contribution in [2.75, 3.05) is 50.8 Å². The van der Waals surface area contributed by atoms with Gasteiger partial charge in [-0.15, -0.1) is 0 Å². The number of rotatable bonds is 5. The molecule has 3 fully saturated rings. The monoisotopic (exact) mass is 410 g/mol. The third kappa shape index (κ3) is 4.63. The van der Waals surface area contributed by atoms with Crippen LogP contribution >= 0.6 is 11.8 Å². The summed E-state index contributed by atoms with van der Waals surface area (Å²) < 4.78 is 0. The van der Waals surface area contributed by atoms with E-state index in [1.165, 1.54) is 94.0 Å². The molecular formula is C24H34N4S. The average Bonchev–Trinajstić information content (AvgIpc) is 3.31. The van der Waals surface area contributed by atoms with Gasteiger partial charge in [-0.05, 0) is 69.8 Å². The van der Waals surface area contributed by atoms with Gasteiger partial charge < -0.3 is 4.90 Å². The molecule has 29 heavy (non-hydrogen) atoms. The number of thioether (sulfide) groups is 1. The number of likely N-dealkylation sites (tertiary alicyclic amines) is 1. The molecule has 5 rings (SSSR count). The Hall–Kier alpha value is -1.14. The van der Waals surface area contributed by atoms with Gasteiger partial charge in [0.1, 0.15) is 0 Å². The molecule has 2 atom stereocenters. The number of fused-ring (bicyclic) bond motifs is 1. The highest BCUT2D eigenvalue weighted by Crippen LogP contribution is 2.37. The van der Waals surface area contributed by atoms with Crippen molar-refractivity contribution in [1.82, 2.24) is 19.9 Å². The Bertz CT molecular complexity index is 800. The van der Waals surface area contributed by atoms with Crippen LogP contribution in [-0.4, -0.2) is 70.7 Å². The first-order valence-electron chi connectivity index (χ1n) is 11.5. The third-order valence-electron chi connectivity index (χ3n) is 7.05. The average molecular weight is 411 g/mol. The molecule has 0 aliphatic carbocycles. The van der Waals surface area contributed by atoms with Gasteiger partial charge in [-0.25, -0.2) is 10.0 Å². The summed E-state index contributed by atoms with van der Waals surface area (Å²) in [5.74, 6) is 3.34. The number of hydrogen-bond donors (Lipinski definition) is 0. The summed E-state index contributed by atoms with van der Waals surface area (Å²) >= 11 is 2.09. The third-order valence-corrected chi connectivity index (χ3v) is 7.99. The Balaban J connectivity index is 1.35. The van der Waals surface area contributed by atoms with Gasteiger partial charge in [0, 0.05) is 36.5 Å². The molecule has 0 amide bonds. The minimum absolute atomic E-state index is 0.431. The van der Waals surface area contributed by atoms with Crippen LogP contribution < -0.4 is 0 Å². The van der Waals surface area contributed by atoms with Crippen LogP contribution in [0.25, 0.3) is 10.9 Å². The van der Waals surface area contributed by atoms with E-state index in [1.54, 1.807) is 0 Å². The predicted octanol–water partition coefficient (Wildman–Crippen LogP) is 4.44. The molecule has 4 nitrogen and oxygen atoms in total. The fourth-order valence-corrected chi connectivity index (χ4v) is 6.23. The summed E-state index contributed by atoms with van der Waals surface area (Å²) in [5.41, 5.74) is 2.41. The van der Waals surface area contributed by atoms with Crippen molar-refractivity contribution in [1.29, 1.82) is 0 Å². The highest BCUT2D eigenvalue weighted by molar-refractivity contribution is 7.99. The zero-order chi connectivity index (χ0) is 19.5. The van der Waals surface area contributed by atoms with Crippen molar-refractivity contribution in [2.45, 2.75) is 38.1 Å². The van der Waals surface area contributed by atoms with E-state index in [0.717, 1.165) is 11.4 Å². The minimum Gasteiger partial charge on any atom is -0.303 e. The number of nitrogens with zero attached hydrogens (tertiary/aromatic N) is 4. The molecule has 1 aromatic heterocycles. The molecule has 0 saturated carbocycles. The molecule has 5 heteroatoms. The predicted molar refractivity (Wildman–Crippen MR) is 123 cm³/mol. The second-order valence-electron chi connectivity index (χ2n) is 8.90. The Morgan fingerprint density at radius 3 is 2.62 bits per heavy atom. The normalized spacial score (nSPS) is 27.6. The van der Waals surface area contributed by atoms with Gasteiger partial charge in [-0.1, -0.05) is 24.3 Å². The van der Waals surface area contributed by atoms with Crippen LogP contribution in [0.4, 0.5) is 0 Å². The van der Waals surface area contributed by atoms with Crippen LogP contribution in [0.5, 0.6) is 0 Å². The van der Waals surface area contributed by atoms with E-state index in [0.29, 0.717) is 6.04 Å². The second-order valence-corrected chi connectivity index (χ2v) is 10.1. The summed E-state index contributed by atoms with van der Waals surface area (Å²) in [4.78, 5) is 7.81. The quantitative estimate of drug-likeness (QED) is 0.725. The van der Waals surface area contributed by atoms with Crippen LogP contribution in [0.3, 0.4) is 0 Å². The number of aromatic nitrogens is 1. The first-order chi connectivity index (χ1) is 14.4. The highest BCUT2D eigenvalue weighted by atomic mass is 32.2. The molecule has 0 radical (unpaired) electrons. The van der Waals surface area contributed by atoms with Crippen molar-refractivity contribution in [3.63, 3.8) is 0 Å². The Kier molecular flexibility index (Phi) is 6.38. The summed E-state index contributed by atoms with van der Waals surface area (Å²) in [6.45, 7) is 7.50. The SMILES string of the molecule is c1ccc2nc(C3CC(CCN4CCCC4)CCN3N3CCSCC3)ccc2c1. The Labute approximate surface area is 179 Å². The van der Waals surface area contributed by atoms with E-state index >= 15 is 0 Å². The number of hydrogen-bond acceptors (Lipinski definition) is 5. The second kappa shape index (κ2) is 9.34. The lowest BCUT2D eigenvalue weighted by Gasteiger charge is -2.46. The first kappa shape index (κ1) is 19.8. The van der Waals surface area contributed by atoms with Crippen LogP contribution in [0.1, 0.15) is 43.8 Å². The largest absolute Gasteiger partial charge is 0.303 e. The van der Waals surface area contributed by atoms with E-state index in [4.69, 9.17) is 4.98 Å². The van der Waals surface area contributed by atoms with Crippen LogP contribution in [0.15, 0.2) is 36.4 Å². The Morgan fingerprint density at radius 1 is 0.931 bits per heavy atom. The number of para-hydroxylation sites is 1. The zero-order valence-corrected chi connectivity index (χ0v) is 18.3. The molecule has 2 unspecified atom stereocenters. The van der Waals surface area contributed by atoms with Gasteiger partial charge in [-0.2, -0.15) is 11.8 Å².